The molecule has 4 heterocycles. The topological polar surface area (TPSA) is 115 Å². The number of hydrogen-bond acceptors (Lipinski definition) is 9. The van der Waals surface area contributed by atoms with Crippen LogP contribution >= 0.6 is 0 Å². The van der Waals surface area contributed by atoms with Crippen LogP contribution < -0.4 is 16.0 Å². The molecule has 0 spiro atoms. The molecule has 2 aliphatic rings. The Morgan fingerprint density at radius 2 is 2.03 bits per heavy atom. The molecule has 2 aromatic heterocycles. The first kappa shape index (κ1) is 23.9. The van der Waals surface area contributed by atoms with E-state index in [-0.39, 0.29) is 6.61 Å². The number of likely N-dealkylation sites (tertiary alicyclic amines) is 1. The zero-order valence-corrected chi connectivity index (χ0v) is 20.3. The second kappa shape index (κ2) is 10.8. The van der Waals surface area contributed by atoms with Crippen LogP contribution in [0.15, 0.2) is 48.9 Å². The van der Waals surface area contributed by atoms with Gasteiger partial charge in [-0.3, -0.25) is 4.90 Å². The van der Waals surface area contributed by atoms with Crippen molar-refractivity contribution >= 4 is 29.8 Å². The number of nitrogens with zero attached hydrogens (tertiary/aromatic N) is 4. The number of aldehydes is 1. The van der Waals surface area contributed by atoms with Crippen LogP contribution in [0.4, 0.5) is 17.5 Å². The Kier molecular flexibility index (Phi) is 7.20. The molecule has 0 amide bonds. The smallest absolute Gasteiger partial charge is 0.222 e. The highest BCUT2D eigenvalue weighted by Crippen LogP contribution is 2.34. The van der Waals surface area contributed by atoms with E-state index in [2.05, 4.69) is 43.0 Å². The van der Waals surface area contributed by atoms with E-state index < -0.39 is 6.04 Å². The number of aliphatic hydroxyl groups excluding tert-OH is 1. The van der Waals surface area contributed by atoms with E-state index in [1.165, 1.54) is 5.56 Å². The third-order valence-corrected chi connectivity index (χ3v) is 6.86. The number of nitrogens with one attached hydrogen (secondary N) is 3. The van der Waals surface area contributed by atoms with Gasteiger partial charge >= 0.3 is 0 Å². The van der Waals surface area contributed by atoms with Gasteiger partial charge in [-0.2, -0.15) is 0 Å². The van der Waals surface area contributed by atoms with Gasteiger partial charge in [-0.15, -0.1) is 0 Å². The predicted octanol–water partition coefficient (Wildman–Crippen LogP) is 3.14. The third-order valence-electron chi connectivity index (χ3n) is 6.86. The van der Waals surface area contributed by atoms with Crippen molar-refractivity contribution in [3.05, 3.63) is 65.6 Å². The lowest BCUT2D eigenvalue weighted by Gasteiger charge is -2.23. The molecule has 5 rings (SSSR count). The minimum absolute atomic E-state index is 0.233. The summed E-state index contributed by atoms with van der Waals surface area (Å²) in [5.74, 6) is 1.15. The van der Waals surface area contributed by atoms with Crippen LogP contribution in [0.2, 0.25) is 0 Å². The summed E-state index contributed by atoms with van der Waals surface area (Å²) in [5, 5.41) is 19.0. The first-order valence-electron chi connectivity index (χ1n) is 12.3. The number of anilines is 3. The molecule has 3 aromatic rings. The molecule has 1 unspecified atom stereocenters. The Balaban J connectivity index is 1.38. The Bertz CT molecular complexity index is 1230. The number of hydrogen-bond donors (Lipinski definition) is 4. The molecule has 9 heteroatoms. The van der Waals surface area contributed by atoms with Gasteiger partial charge < -0.3 is 25.9 Å². The summed E-state index contributed by atoms with van der Waals surface area (Å²) in [6.45, 7) is 2.24. The first-order chi connectivity index (χ1) is 17.7. The van der Waals surface area contributed by atoms with Crippen LogP contribution in [-0.4, -0.2) is 64.0 Å². The lowest BCUT2D eigenvalue weighted by Crippen LogP contribution is -2.33. The second-order valence-electron chi connectivity index (χ2n) is 9.10. The van der Waals surface area contributed by atoms with E-state index >= 15 is 0 Å². The maximum atomic E-state index is 11.8. The molecule has 0 saturated carbocycles. The second-order valence-corrected chi connectivity index (χ2v) is 9.10. The fourth-order valence-electron chi connectivity index (χ4n) is 4.86. The summed E-state index contributed by atoms with van der Waals surface area (Å²) in [6.07, 6.45) is 11.2. The highest BCUT2D eigenvalue weighted by molar-refractivity contribution is 5.79. The Hall–Kier alpha value is -3.82. The van der Waals surface area contributed by atoms with Crippen molar-refractivity contribution in [2.75, 3.05) is 37.4 Å². The van der Waals surface area contributed by atoms with Crippen molar-refractivity contribution in [1.29, 1.82) is 0 Å². The van der Waals surface area contributed by atoms with Gasteiger partial charge in [0.25, 0.3) is 0 Å². The van der Waals surface area contributed by atoms with Crippen LogP contribution in [0.3, 0.4) is 0 Å². The SMILES string of the molecule is CNc1ncc(-c2cc3c(c(Nc4ccc(CCN5CCC[C@H]5CO)cc4)n2)C(C=O)NC=C3)cn1. The standard InChI is InChI=1S/C27H31N7O2/c1-28-27-30-14-20(15-31-27)23-13-19-8-10-29-24(17-36)25(19)26(33-23)32-21-6-4-18(5-7-21)9-12-34-11-2-3-22(34)16-35/h4-8,10,13-15,17,22,24,29,35H,2-3,9,11-12,16H2,1H3,(H,32,33)(H,28,30,31)/t22-,24?/m0/s1. The highest BCUT2D eigenvalue weighted by Gasteiger charge is 2.24. The molecule has 2 atom stereocenters. The van der Waals surface area contributed by atoms with Gasteiger partial charge in [0, 0.05) is 48.8 Å². The van der Waals surface area contributed by atoms with E-state index in [4.69, 9.17) is 4.98 Å². The molecular formula is C27H31N7O2. The van der Waals surface area contributed by atoms with Crippen LogP contribution in [0.1, 0.15) is 35.6 Å². The number of carbonyl (C=O) groups excluding carboxylic acids is 1. The van der Waals surface area contributed by atoms with Crippen molar-refractivity contribution in [3.8, 4) is 11.3 Å². The van der Waals surface area contributed by atoms with Crippen LogP contribution in [-0.2, 0) is 11.2 Å². The summed E-state index contributed by atoms with van der Waals surface area (Å²) in [4.78, 5) is 27.7. The molecule has 36 heavy (non-hydrogen) atoms. The number of pyridine rings is 1. The van der Waals surface area contributed by atoms with E-state index in [1.54, 1.807) is 25.6 Å². The van der Waals surface area contributed by atoms with E-state index in [1.807, 2.05) is 24.3 Å². The van der Waals surface area contributed by atoms with Crippen molar-refractivity contribution in [3.63, 3.8) is 0 Å². The molecule has 4 N–H and O–H groups in total. The molecule has 1 saturated heterocycles. The third kappa shape index (κ3) is 5.07. The monoisotopic (exact) mass is 485 g/mol. The quantitative estimate of drug-likeness (QED) is 0.339. The fraction of sp³-hybridized carbons (Fsp3) is 0.333. The first-order valence-corrected chi connectivity index (χ1v) is 12.3. The maximum Gasteiger partial charge on any atom is 0.222 e. The molecule has 186 valence electrons. The highest BCUT2D eigenvalue weighted by atomic mass is 16.3. The van der Waals surface area contributed by atoms with E-state index in [0.29, 0.717) is 17.8 Å². The van der Waals surface area contributed by atoms with Crippen molar-refractivity contribution < 1.29 is 9.90 Å². The van der Waals surface area contributed by atoms with Crippen molar-refractivity contribution in [1.82, 2.24) is 25.2 Å². The molecule has 9 nitrogen and oxygen atoms in total. The predicted molar refractivity (Wildman–Crippen MR) is 141 cm³/mol. The Morgan fingerprint density at radius 1 is 1.22 bits per heavy atom. The summed E-state index contributed by atoms with van der Waals surface area (Å²) < 4.78 is 0. The van der Waals surface area contributed by atoms with Gasteiger partial charge in [-0.05, 0) is 67.4 Å². The zero-order valence-electron chi connectivity index (χ0n) is 20.3. The number of aromatic nitrogens is 3. The van der Waals surface area contributed by atoms with Gasteiger partial charge in [0.2, 0.25) is 5.95 Å². The Morgan fingerprint density at radius 3 is 2.75 bits per heavy atom. The lowest BCUT2D eigenvalue weighted by atomic mass is 9.97. The summed E-state index contributed by atoms with van der Waals surface area (Å²) in [5.41, 5.74) is 5.35. The van der Waals surface area contributed by atoms with Crippen molar-refractivity contribution in [2.24, 2.45) is 0 Å². The largest absolute Gasteiger partial charge is 0.395 e. The molecule has 1 fully saturated rings. The van der Waals surface area contributed by atoms with Crippen LogP contribution in [0.25, 0.3) is 17.3 Å². The molecule has 2 aliphatic heterocycles. The Labute approximate surface area is 210 Å². The van der Waals surface area contributed by atoms with E-state index in [0.717, 1.165) is 66.7 Å². The molecule has 0 aliphatic carbocycles. The van der Waals surface area contributed by atoms with Crippen molar-refractivity contribution in [2.45, 2.75) is 31.3 Å². The van der Waals surface area contributed by atoms with Gasteiger partial charge in [-0.25, -0.2) is 15.0 Å². The number of rotatable bonds is 9. The number of benzene rings is 1. The number of fused-ring (bicyclic) bond motifs is 1. The maximum absolute atomic E-state index is 11.8. The summed E-state index contributed by atoms with van der Waals surface area (Å²) in [6, 6.07) is 10.1. The average molecular weight is 486 g/mol. The summed E-state index contributed by atoms with van der Waals surface area (Å²) in [7, 11) is 1.77. The normalized spacial score (nSPS) is 18.9. The van der Waals surface area contributed by atoms with Gasteiger partial charge in [0.05, 0.1) is 12.3 Å². The average Bonchev–Trinajstić information content (AvgIpc) is 3.40. The fourth-order valence-corrected chi connectivity index (χ4v) is 4.86. The molecular weight excluding hydrogens is 454 g/mol. The number of carbonyl (C=O) groups is 1. The lowest BCUT2D eigenvalue weighted by molar-refractivity contribution is -0.109. The molecule has 1 aromatic carbocycles. The molecule has 0 bridgehead atoms. The van der Waals surface area contributed by atoms with Crippen LogP contribution in [0.5, 0.6) is 0 Å². The molecule has 0 radical (unpaired) electrons. The van der Waals surface area contributed by atoms with E-state index in [9.17, 15) is 9.90 Å². The van der Waals surface area contributed by atoms with Gasteiger partial charge in [0.1, 0.15) is 18.1 Å². The van der Waals surface area contributed by atoms with Gasteiger partial charge in [-0.1, -0.05) is 12.1 Å². The minimum atomic E-state index is -0.490. The zero-order chi connectivity index (χ0) is 24.9. The van der Waals surface area contributed by atoms with Crippen LogP contribution in [0, 0.1) is 0 Å². The summed E-state index contributed by atoms with van der Waals surface area (Å²) >= 11 is 0. The van der Waals surface area contributed by atoms with Gasteiger partial charge in [0.15, 0.2) is 0 Å². The number of aliphatic hydroxyl groups is 1. The minimum Gasteiger partial charge on any atom is -0.395 e.